The summed E-state index contributed by atoms with van der Waals surface area (Å²) < 4.78 is 0. The van der Waals surface area contributed by atoms with Crippen LogP contribution in [0.5, 0.6) is 0 Å². The Labute approximate surface area is 162 Å². The van der Waals surface area contributed by atoms with E-state index in [2.05, 4.69) is 10.3 Å². The second kappa shape index (κ2) is 8.18. The van der Waals surface area contributed by atoms with Crippen LogP contribution in [0.25, 0.3) is 12.2 Å². The molecule has 5 N–H and O–H groups in total. The SMILES string of the molecule is Cc1ccc(C(=O)Nc2cccc(/C=C/c3cncc(C(N)=O)c3)c2)cc1N. The number of carbonyl (C=O) groups excluding carboxylic acids is 2. The van der Waals surface area contributed by atoms with Crippen molar-refractivity contribution in [2.24, 2.45) is 5.73 Å². The number of hydrogen-bond acceptors (Lipinski definition) is 4. The number of anilines is 2. The minimum Gasteiger partial charge on any atom is -0.398 e. The van der Waals surface area contributed by atoms with Crippen LogP contribution in [-0.2, 0) is 0 Å². The summed E-state index contributed by atoms with van der Waals surface area (Å²) in [5, 5.41) is 2.87. The van der Waals surface area contributed by atoms with Crippen molar-refractivity contribution in [1.82, 2.24) is 4.98 Å². The number of aromatic nitrogens is 1. The molecule has 0 bridgehead atoms. The molecular formula is C22H20N4O2. The van der Waals surface area contributed by atoms with Crippen molar-refractivity contribution in [2.45, 2.75) is 6.92 Å². The molecule has 6 nitrogen and oxygen atoms in total. The Hall–Kier alpha value is -3.93. The lowest BCUT2D eigenvalue weighted by atomic mass is 10.1. The van der Waals surface area contributed by atoms with Gasteiger partial charge in [-0.25, -0.2) is 0 Å². The molecule has 3 aromatic rings. The molecule has 1 heterocycles. The number of hydrogen-bond donors (Lipinski definition) is 3. The van der Waals surface area contributed by atoms with Gasteiger partial charge in [-0.1, -0.05) is 30.4 Å². The maximum absolute atomic E-state index is 12.4. The molecule has 0 aliphatic heterocycles. The Morgan fingerprint density at radius 1 is 0.964 bits per heavy atom. The number of nitrogens with one attached hydrogen (secondary N) is 1. The van der Waals surface area contributed by atoms with Gasteiger partial charge in [0.25, 0.3) is 5.91 Å². The van der Waals surface area contributed by atoms with Crippen LogP contribution in [0.2, 0.25) is 0 Å². The molecule has 0 saturated heterocycles. The van der Waals surface area contributed by atoms with Gasteiger partial charge in [0.15, 0.2) is 0 Å². The maximum atomic E-state index is 12.4. The molecule has 0 aliphatic carbocycles. The van der Waals surface area contributed by atoms with Gasteiger partial charge in [-0.05, 0) is 53.9 Å². The van der Waals surface area contributed by atoms with E-state index >= 15 is 0 Å². The van der Waals surface area contributed by atoms with Gasteiger partial charge in [-0.2, -0.15) is 0 Å². The number of carbonyl (C=O) groups is 2. The molecule has 0 aliphatic rings. The first-order valence-corrected chi connectivity index (χ1v) is 8.63. The molecule has 140 valence electrons. The van der Waals surface area contributed by atoms with Gasteiger partial charge >= 0.3 is 0 Å². The van der Waals surface area contributed by atoms with E-state index in [9.17, 15) is 9.59 Å². The molecule has 1 aromatic heterocycles. The van der Waals surface area contributed by atoms with E-state index < -0.39 is 5.91 Å². The van der Waals surface area contributed by atoms with Crippen LogP contribution in [0.4, 0.5) is 11.4 Å². The van der Waals surface area contributed by atoms with Crippen LogP contribution in [0.1, 0.15) is 37.4 Å². The van der Waals surface area contributed by atoms with Crippen LogP contribution in [0, 0.1) is 6.92 Å². The highest BCUT2D eigenvalue weighted by Gasteiger charge is 2.07. The number of nitrogen functional groups attached to an aromatic ring is 1. The quantitative estimate of drug-likeness (QED) is 0.595. The maximum Gasteiger partial charge on any atom is 0.255 e. The molecule has 2 aromatic carbocycles. The van der Waals surface area contributed by atoms with Crippen molar-refractivity contribution in [1.29, 1.82) is 0 Å². The van der Waals surface area contributed by atoms with Crippen LogP contribution in [0.15, 0.2) is 60.9 Å². The van der Waals surface area contributed by atoms with Crippen molar-refractivity contribution < 1.29 is 9.59 Å². The summed E-state index contributed by atoms with van der Waals surface area (Å²) >= 11 is 0. The summed E-state index contributed by atoms with van der Waals surface area (Å²) in [7, 11) is 0. The lowest BCUT2D eigenvalue weighted by molar-refractivity contribution is 0.0997. The number of primary amides is 1. The highest BCUT2D eigenvalue weighted by Crippen LogP contribution is 2.17. The Bertz CT molecular complexity index is 1070. The standard InChI is InChI=1S/C22H20N4O2/c1-14-5-8-17(11-20(14)23)22(28)26-19-4-2-3-15(10-19)6-7-16-9-18(21(24)27)13-25-12-16/h2-13H,23H2,1H3,(H2,24,27)(H,26,28)/b7-6+. The third-order valence-electron chi connectivity index (χ3n) is 4.20. The summed E-state index contributed by atoms with van der Waals surface area (Å²) in [6.45, 7) is 1.89. The van der Waals surface area contributed by atoms with E-state index in [1.165, 1.54) is 6.20 Å². The highest BCUT2D eigenvalue weighted by molar-refractivity contribution is 6.05. The monoisotopic (exact) mass is 372 g/mol. The zero-order valence-corrected chi connectivity index (χ0v) is 15.3. The van der Waals surface area contributed by atoms with E-state index in [1.54, 1.807) is 24.4 Å². The molecule has 2 amide bonds. The van der Waals surface area contributed by atoms with Gasteiger partial charge < -0.3 is 16.8 Å². The first-order valence-electron chi connectivity index (χ1n) is 8.63. The Morgan fingerprint density at radius 2 is 1.75 bits per heavy atom. The van der Waals surface area contributed by atoms with Gasteiger partial charge in [0.1, 0.15) is 0 Å². The lowest BCUT2D eigenvalue weighted by Gasteiger charge is -2.08. The number of nitrogens with zero attached hydrogens (tertiary/aromatic N) is 1. The third-order valence-corrected chi connectivity index (χ3v) is 4.20. The molecule has 0 saturated carbocycles. The molecule has 0 radical (unpaired) electrons. The molecule has 28 heavy (non-hydrogen) atoms. The predicted octanol–water partition coefficient (Wildman–Crippen LogP) is 3.49. The van der Waals surface area contributed by atoms with Gasteiger partial charge in [-0.15, -0.1) is 0 Å². The second-order valence-electron chi connectivity index (χ2n) is 6.36. The molecular weight excluding hydrogens is 352 g/mol. The minimum absolute atomic E-state index is 0.230. The number of nitrogens with two attached hydrogens (primary N) is 2. The van der Waals surface area contributed by atoms with Gasteiger partial charge in [0.05, 0.1) is 5.56 Å². The van der Waals surface area contributed by atoms with Crippen molar-refractivity contribution in [2.75, 3.05) is 11.1 Å². The second-order valence-corrected chi connectivity index (χ2v) is 6.36. The first kappa shape index (κ1) is 18.8. The van der Waals surface area contributed by atoms with Crippen molar-refractivity contribution in [3.8, 4) is 0 Å². The average molecular weight is 372 g/mol. The minimum atomic E-state index is -0.524. The molecule has 0 unspecified atom stereocenters. The summed E-state index contributed by atoms with van der Waals surface area (Å²) in [6, 6.07) is 14.3. The third kappa shape index (κ3) is 4.62. The lowest BCUT2D eigenvalue weighted by Crippen LogP contribution is -2.12. The Balaban J connectivity index is 1.75. The van der Waals surface area contributed by atoms with E-state index in [1.807, 2.05) is 49.4 Å². The average Bonchev–Trinajstić information content (AvgIpc) is 2.69. The van der Waals surface area contributed by atoms with Crippen LogP contribution >= 0.6 is 0 Å². The fourth-order valence-electron chi connectivity index (χ4n) is 2.58. The number of aryl methyl sites for hydroxylation is 1. The molecule has 3 rings (SSSR count). The van der Waals surface area contributed by atoms with E-state index in [4.69, 9.17) is 11.5 Å². The number of rotatable bonds is 5. The topological polar surface area (TPSA) is 111 Å². The zero-order valence-electron chi connectivity index (χ0n) is 15.3. The number of amides is 2. The Morgan fingerprint density at radius 3 is 2.50 bits per heavy atom. The highest BCUT2D eigenvalue weighted by atomic mass is 16.2. The van der Waals surface area contributed by atoms with E-state index in [-0.39, 0.29) is 5.91 Å². The van der Waals surface area contributed by atoms with Gasteiger partial charge in [0.2, 0.25) is 5.91 Å². The summed E-state index contributed by atoms with van der Waals surface area (Å²) in [5.41, 5.74) is 15.8. The summed E-state index contributed by atoms with van der Waals surface area (Å²) in [5.74, 6) is -0.754. The van der Waals surface area contributed by atoms with E-state index in [0.29, 0.717) is 22.5 Å². The molecule has 0 spiro atoms. The number of pyridine rings is 1. The summed E-state index contributed by atoms with van der Waals surface area (Å²) in [4.78, 5) is 27.7. The number of benzene rings is 2. The van der Waals surface area contributed by atoms with Crippen molar-refractivity contribution in [3.63, 3.8) is 0 Å². The smallest absolute Gasteiger partial charge is 0.255 e. The summed E-state index contributed by atoms with van der Waals surface area (Å²) in [6.07, 6.45) is 6.74. The van der Waals surface area contributed by atoms with Crippen molar-refractivity contribution >= 4 is 35.3 Å². The first-order chi connectivity index (χ1) is 13.4. The van der Waals surface area contributed by atoms with Crippen LogP contribution < -0.4 is 16.8 Å². The fourth-order valence-corrected chi connectivity index (χ4v) is 2.58. The zero-order chi connectivity index (χ0) is 20.1. The normalized spacial score (nSPS) is 10.8. The van der Waals surface area contributed by atoms with Gasteiger partial charge in [0, 0.05) is 29.3 Å². The van der Waals surface area contributed by atoms with Crippen LogP contribution in [0.3, 0.4) is 0 Å². The van der Waals surface area contributed by atoms with Crippen LogP contribution in [-0.4, -0.2) is 16.8 Å². The fraction of sp³-hybridized carbons (Fsp3) is 0.0455. The molecule has 0 fully saturated rings. The molecule has 6 heteroatoms. The van der Waals surface area contributed by atoms with Gasteiger partial charge in [-0.3, -0.25) is 14.6 Å². The van der Waals surface area contributed by atoms with E-state index in [0.717, 1.165) is 16.7 Å². The largest absolute Gasteiger partial charge is 0.398 e. The predicted molar refractivity (Wildman–Crippen MR) is 112 cm³/mol. The molecule has 0 atom stereocenters. The Kier molecular flexibility index (Phi) is 5.50. The van der Waals surface area contributed by atoms with Crippen molar-refractivity contribution in [3.05, 3.63) is 88.7 Å².